The maximum atomic E-state index is 13.0. The number of rotatable bonds is 5. The third kappa shape index (κ3) is 3.00. The van der Waals surface area contributed by atoms with Crippen LogP contribution >= 0.6 is 0 Å². The van der Waals surface area contributed by atoms with Gasteiger partial charge in [-0.2, -0.15) is 0 Å². The Morgan fingerprint density at radius 1 is 1.33 bits per heavy atom. The number of nitrogens with one attached hydrogen (secondary N) is 1. The van der Waals surface area contributed by atoms with Crippen molar-refractivity contribution >= 4 is 17.8 Å². The van der Waals surface area contributed by atoms with E-state index in [1.807, 2.05) is 0 Å². The van der Waals surface area contributed by atoms with Crippen molar-refractivity contribution in [3.8, 4) is 0 Å². The maximum Gasteiger partial charge on any atom is 0.334 e. The van der Waals surface area contributed by atoms with Gasteiger partial charge in [-0.05, 0) is 12.8 Å². The van der Waals surface area contributed by atoms with Gasteiger partial charge in [0.25, 0.3) is 0 Å². The molecule has 2 rings (SSSR count). The summed E-state index contributed by atoms with van der Waals surface area (Å²) < 4.78 is 10.1. The number of nitrogens with zero attached hydrogens (tertiary/aromatic N) is 1. The highest BCUT2D eigenvalue weighted by Gasteiger charge is 2.54. The molecule has 2 amide bonds. The third-order valence-electron chi connectivity index (χ3n) is 4.88. The van der Waals surface area contributed by atoms with Gasteiger partial charge in [0.05, 0.1) is 20.3 Å². The molecular weight excluding hydrogens is 316 g/mol. The van der Waals surface area contributed by atoms with Crippen molar-refractivity contribution in [1.29, 1.82) is 0 Å². The lowest BCUT2D eigenvalue weighted by Crippen LogP contribution is -2.66. The highest BCUT2D eigenvalue weighted by Crippen LogP contribution is 2.32. The van der Waals surface area contributed by atoms with Crippen LogP contribution in [-0.2, 0) is 23.9 Å². The summed E-state index contributed by atoms with van der Waals surface area (Å²) in [6, 6.07) is 0. The first-order valence-corrected chi connectivity index (χ1v) is 8.24. The van der Waals surface area contributed by atoms with Gasteiger partial charge in [-0.1, -0.05) is 13.8 Å². The van der Waals surface area contributed by atoms with Crippen molar-refractivity contribution in [1.82, 2.24) is 10.2 Å². The van der Waals surface area contributed by atoms with Crippen molar-refractivity contribution in [3.63, 3.8) is 0 Å². The quantitative estimate of drug-likeness (QED) is 0.649. The third-order valence-corrected chi connectivity index (χ3v) is 4.88. The lowest BCUT2D eigenvalue weighted by atomic mass is 9.91. The first-order chi connectivity index (χ1) is 11.3. The van der Waals surface area contributed by atoms with Crippen LogP contribution in [0.3, 0.4) is 0 Å². The van der Waals surface area contributed by atoms with Gasteiger partial charge in [0.1, 0.15) is 5.54 Å². The predicted molar refractivity (Wildman–Crippen MR) is 83.9 cm³/mol. The number of hydrogen-bond donors (Lipinski definition) is 2. The summed E-state index contributed by atoms with van der Waals surface area (Å²) in [7, 11) is 1.25. The molecule has 0 spiro atoms. The van der Waals surface area contributed by atoms with Gasteiger partial charge in [-0.25, -0.2) is 4.79 Å². The number of esters is 1. The molecule has 2 N–H and O–H groups in total. The second-order valence-corrected chi connectivity index (χ2v) is 6.77. The van der Waals surface area contributed by atoms with E-state index in [0.29, 0.717) is 32.4 Å². The highest BCUT2D eigenvalue weighted by atomic mass is 16.5. The largest absolute Gasteiger partial charge is 0.467 e. The zero-order valence-electron chi connectivity index (χ0n) is 14.5. The van der Waals surface area contributed by atoms with Crippen molar-refractivity contribution in [3.05, 3.63) is 0 Å². The number of likely N-dealkylation sites (tertiary alicyclic amines) is 1. The van der Waals surface area contributed by atoms with Crippen molar-refractivity contribution < 1.29 is 29.0 Å². The smallest absolute Gasteiger partial charge is 0.334 e. The van der Waals surface area contributed by atoms with Crippen LogP contribution in [0, 0.1) is 5.92 Å². The monoisotopic (exact) mass is 342 g/mol. The summed E-state index contributed by atoms with van der Waals surface area (Å²) in [4.78, 5) is 39.0. The Hall–Kier alpha value is -1.67. The minimum atomic E-state index is -1.34. The Morgan fingerprint density at radius 3 is 2.54 bits per heavy atom. The first-order valence-electron chi connectivity index (χ1n) is 8.24. The first kappa shape index (κ1) is 18.7. The molecule has 24 heavy (non-hydrogen) atoms. The molecule has 2 saturated heterocycles. The normalized spacial score (nSPS) is 29.8. The van der Waals surface area contributed by atoms with Crippen LogP contribution in [0.4, 0.5) is 0 Å². The molecule has 8 nitrogen and oxygen atoms in total. The molecule has 2 heterocycles. The molecule has 8 heteroatoms. The number of carbonyl (C=O) groups excluding carboxylic acids is 3. The molecule has 2 fully saturated rings. The SMILES string of the molecule is COC(=O)C1(NC(=O)[C@]2(CO)CCCN2C(=O)C(C)C)CCOC1. The number of hydrogen-bond acceptors (Lipinski definition) is 6. The molecule has 0 aliphatic carbocycles. The fourth-order valence-electron chi connectivity index (χ4n) is 3.39. The molecule has 2 aliphatic heterocycles. The van der Waals surface area contributed by atoms with Gasteiger partial charge in [-0.3, -0.25) is 9.59 Å². The number of amides is 2. The fraction of sp³-hybridized carbons (Fsp3) is 0.812. The molecule has 136 valence electrons. The molecule has 1 unspecified atom stereocenters. The van der Waals surface area contributed by atoms with Crippen LogP contribution in [0.15, 0.2) is 0 Å². The molecule has 0 saturated carbocycles. The molecular formula is C16H26N2O6. The van der Waals surface area contributed by atoms with Gasteiger partial charge in [0.2, 0.25) is 11.8 Å². The lowest BCUT2D eigenvalue weighted by molar-refractivity contribution is -0.156. The zero-order chi connectivity index (χ0) is 18.0. The van der Waals surface area contributed by atoms with Gasteiger partial charge in [0.15, 0.2) is 5.54 Å². The van der Waals surface area contributed by atoms with E-state index in [2.05, 4.69) is 5.32 Å². The van der Waals surface area contributed by atoms with Crippen LogP contribution in [0.2, 0.25) is 0 Å². The van der Waals surface area contributed by atoms with Gasteiger partial charge in [0, 0.05) is 25.5 Å². The van der Waals surface area contributed by atoms with Crippen molar-refractivity contribution in [2.45, 2.75) is 44.2 Å². The van der Waals surface area contributed by atoms with E-state index in [-0.39, 0.29) is 18.4 Å². The highest BCUT2D eigenvalue weighted by molar-refractivity contribution is 5.96. The molecule has 2 atom stereocenters. The Bertz CT molecular complexity index is 515. The molecule has 2 aliphatic rings. The minimum absolute atomic E-state index is 0.0189. The van der Waals surface area contributed by atoms with Crippen LogP contribution in [0.1, 0.15) is 33.1 Å². The van der Waals surface area contributed by atoms with Crippen LogP contribution in [0.25, 0.3) is 0 Å². The van der Waals surface area contributed by atoms with Crippen LogP contribution in [0.5, 0.6) is 0 Å². The van der Waals surface area contributed by atoms with E-state index in [1.165, 1.54) is 12.0 Å². The predicted octanol–water partition coefficient (Wildman–Crippen LogP) is -0.556. The Balaban J connectivity index is 2.27. The summed E-state index contributed by atoms with van der Waals surface area (Å²) in [5.74, 6) is -1.59. The Labute approximate surface area is 141 Å². The Morgan fingerprint density at radius 2 is 2.04 bits per heavy atom. The maximum absolute atomic E-state index is 13.0. The summed E-state index contributed by atoms with van der Waals surface area (Å²) in [5.41, 5.74) is -2.60. The van der Waals surface area contributed by atoms with Gasteiger partial charge in [-0.15, -0.1) is 0 Å². The molecule has 0 aromatic carbocycles. The average Bonchev–Trinajstić information content (AvgIpc) is 3.21. The molecule has 0 aromatic heterocycles. The van der Waals surface area contributed by atoms with Gasteiger partial charge < -0.3 is 24.8 Å². The standard InChI is InChI=1S/C16H26N2O6/c1-11(2)12(20)18-7-4-5-16(18,9-19)13(21)17-15(14(22)23-3)6-8-24-10-15/h11,19H,4-10H2,1-3H3,(H,17,21)/t15?,16-/m1/s1. The van der Waals surface area contributed by atoms with E-state index in [9.17, 15) is 19.5 Å². The van der Waals surface area contributed by atoms with Crippen molar-refractivity contribution in [2.75, 3.05) is 33.5 Å². The second-order valence-electron chi connectivity index (χ2n) is 6.77. The Kier molecular flexibility index (Phi) is 5.49. The van der Waals surface area contributed by atoms with E-state index < -0.39 is 29.6 Å². The van der Waals surface area contributed by atoms with E-state index in [1.54, 1.807) is 13.8 Å². The number of aliphatic hydroxyl groups is 1. The van der Waals surface area contributed by atoms with Gasteiger partial charge >= 0.3 is 5.97 Å². The van der Waals surface area contributed by atoms with E-state index >= 15 is 0 Å². The number of methoxy groups -OCH3 is 1. The summed E-state index contributed by atoms with van der Waals surface area (Å²) in [5, 5.41) is 12.6. The van der Waals surface area contributed by atoms with Crippen LogP contribution < -0.4 is 5.32 Å². The van der Waals surface area contributed by atoms with Crippen LogP contribution in [-0.4, -0.2) is 72.3 Å². The summed E-state index contributed by atoms with van der Waals surface area (Å²) in [6.07, 6.45) is 1.27. The lowest BCUT2D eigenvalue weighted by Gasteiger charge is -2.39. The van der Waals surface area contributed by atoms with Crippen molar-refractivity contribution in [2.24, 2.45) is 5.92 Å². The molecule has 0 aromatic rings. The number of ether oxygens (including phenoxy) is 2. The number of aliphatic hydroxyl groups excluding tert-OH is 1. The fourth-order valence-corrected chi connectivity index (χ4v) is 3.39. The van der Waals surface area contributed by atoms with E-state index in [0.717, 1.165) is 0 Å². The molecule has 0 bridgehead atoms. The zero-order valence-corrected chi connectivity index (χ0v) is 14.5. The second kappa shape index (κ2) is 7.06. The summed E-state index contributed by atoms with van der Waals surface area (Å²) in [6.45, 7) is 3.77. The minimum Gasteiger partial charge on any atom is -0.467 e. The molecule has 0 radical (unpaired) electrons. The van der Waals surface area contributed by atoms with E-state index in [4.69, 9.17) is 9.47 Å². The summed E-state index contributed by atoms with van der Waals surface area (Å²) >= 11 is 0. The topological polar surface area (TPSA) is 105 Å². The average molecular weight is 342 g/mol. The number of carbonyl (C=O) groups is 3.